The summed E-state index contributed by atoms with van der Waals surface area (Å²) in [5.74, 6) is 1.77. The molecule has 3 rings (SSSR count). The van der Waals surface area contributed by atoms with Gasteiger partial charge in [-0.25, -0.2) is 0 Å². The van der Waals surface area contributed by atoms with Crippen molar-refractivity contribution < 1.29 is 4.74 Å². The highest BCUT2D eigenvalue weighted by Gasteiger charge is 2.15. The summed E-state index contributed by atoms with van der Waals surface area (Å²) in [5, 5.41) is 3.50. The molecule has 0 unspecified atom stereocenters. The maximum atomic E-state index is 5.78. The molecule has 1 aliphatic heterocycles. The van der Waals surface area contributed by atoms with Crippen LogP contribution < -0.4 is 10.1 Å². The molecule has 100 valence electrons. The van der Waals surface area contributed by atoms with E-state index in [1.807, 2.05) is 42.5 Å². The summed E-state index contributed by atoms with van der Waals surface area (Å²) in [6.45, 7) is 1.13. The van der Waals surface area contributed by atoms with Crippen LogP contribution in [0.5, 0.6) is 11.5 Å². The van der Waals surface area contributed by atoms with Crippen LogP contribution in [0.3, 0.4) is 0 Å². The Morgan fingerprint density at radius 3 is 2.21 bits per heavy atom. The fourth-order valence-corrected chi connectivity index (χ4v) is 2.36. The van der Waals surface area contributed by atoms with Crippen LogP contribution >= 0.6 is 12.4 Å². The molecular weight excluding hydrogens is 258 g/mol. The first-order valence-corrected chi connectivity index (χ1v) is 6.48. The second-order valence-corrected chi connectivity index (χ2v) is 4.63. The second-order valence-electron chi connectivity index (χ2n) is 4.63. The molecular formula is C16H18ClNO. The third kappa shape index (κ3) is 3.49. The lowest BCUT2D eigenvalue weighted by atomic mass is 10.1. The maximum absolute atomic E-state index is 5.78. The molecule has 2 aromatic carbocycles. The van der Waals surface area contributed by atoms with Crippen molar-refractivity contribution in [3.05, 3.63) is 60.2 Å². The molecule has 1 atom stereocenters. The predicted molar refractivity (Wildman–Crippen MR) is 80.2 cm³/mol. The van der Waals surface area contributed by atoms with E-state index in [-0.39, 0.29) is 12.4 Å². The van der Waals surface area contributed by atoms with E-state index in [2.05, 4.69) is 17.4 Å². The van der Waals surface area contributed by atoms with Crippen LogP contribution in [-0.4, -0.2) is 6.54 Å². The Morgan fingerprint density at radius 1 is 0.895 bits per heavy atom. The van der Waals surface area contributed by atoms with E-state index in [0.29, 0.717) is 6.04 Å². The highest BCUT2D eigenvalue weighted by molar-refractivity contribution is 5.85. The van der Waals surface area contributed by atoms with Crippen LogP contribution in [0.25, 0.3) is 0 Å². The van der Waals surface area contributed by atoms with Gasteiger partial charge < -0.3 is 10.1 Å². The number of halogens is 1. The second kappa shape index (κ2) is 6.60. The predicted octanol–water partition coefficient (Wildman–Crippen LogP) is 4.33. The lowest BCUT2D eigenvalue weighted by Gasteiger charge is -2.11. The van der Waals surface area contributed by atoms with Crippen molar-refractivity contribution in [2.24, 2.45) is 0 Å². The lowest BCUT2D eigenvalue weighted by Crippen LogP contribution is -2.12. The average molecular weight is 276 g/mol. The molecule has 1 heterocycles. The van der Waals surface area contributed by atoms with E-state index in [4.69, 9.17) is 4.74 Å². The normalized spacial score (nSPS) is 17.8. The molecule has 0 bridgehead atoms. The van der Waals surface area contributed by atoms with Crippen molar-refractivity contribution >= 4 is 12.4 Å². The van der Waals surface area contributed by atoms with E-state index in [1.54, 1.807) is 0 Å². The van der Waals surface area contributed by atoms with E-state index in [9.17, 15) is 0 Å². The van der Waals surface area contributed by atoms with Gasteiger partial charge in [0.1, 0.15) is 11.5 Å². The molecule has 0 spiro atoms. The van der Waals surface area contributed by atoms with Gasteiger partial charge in [-0.2, -0.15) is 0 Å². The molecule has 0 aliphatic carbocycles. The minimum absolute atomic E-state index is 0. The molecule has 0 amide bonds. The van der Waals surface area contributed by atoms with E-state index >= 15 is 0 Å². The molecule has 1 fully saturated rings. The maximum Gasteiger partial charge on any atom is 0.127 e. The number of hydrogen-bond donors (Lipinski definition) is 1. The Kier molecular flexibility index (Phi) is 4.83. The van der Waals surface area contributed by atoms with Crippen LogP contribution in [0.1, 0.15) is 24.4 Å². The molecule has 1 saturated heterocycles. The summed E-state index contributed by atoms with van der Waals surface area (Å²) in [5.41, 5.74) is 1.35. The molecule has 0 saturated carbocycles. The summed E-state index contributed by atoms with van der Waals surface area (Å²) in [7, 11) is 0. The zero-order valence-corrected chi connectivity index (χ0v) is 11.5. The SMILES string of the molecule is Cl.c1ccc(Oc2ccc([C@H]3CCCN3)cc2)cc1. The first-order valence-electron chi connectivity index (χ1n) is 6.48. The fraction of sp³-hybridized carbons (Fsp3) is 0.250. The summed E-state index contributed by atoms with van der Waals surface area (Å²) in [6.07, 6.45) is 2.51. The van der Waals surface area contributed by atoms with Gasteiger partial charge in [0, 0.05) is 6.04 Å². The third-order valence-corrected chi connectivity index (χ3v) is 3.32. The lowest BCUT2D eigenvalue weighted by molar-refractivity contribution is 0.482. The smallest absolute Gasteiger partial charge is 0.127 e. The van der Waals surface area contributed by atoms with Gasteiger partial charge in [0.25, 0.3) is 0 Å². The Bertz CT molecular complexity index is 492. The monoisotopic (exact) mass is 275 g/mol. The van der Waals surface area contributed by atoms with Crippen LogP contribution in [0.4, 0.5) is 0 Å². The highest BCUT2D eigenvalue weighted by atomic mass is 35.5. The number of nitrogens with one attached hydrogen (secondary N) is 1. The molecule has 1 N–H and O–H groups in total. The fourth-order valence-electron chi connectivity index (χ4n) is 2.36. The van der Waals surface area contributed by atoms with Crippen LogP contribution in [0.15, 0.2) is 54.6 Å². The van der Waals surface area contributed by atoms with E-state index in [0.717, 1.165) is 18.0 Å². The Balaban J connectivity index is 0.00000133. The van der Waals surface area contributed by atoms with Crippen LogP contribution in [-0.2, 0) is 0 Å². The van der Waals surface area contributed by atoms with E-state index in [1.165, 1.54) is 18.4 Å². The van der Waals surface area contributed by atoms with Crippen molar-refractivity contribution in [2.75, 3.05) is 6.54 Å². The quantitative estimate of drug-likeness (QED) is 0.900. The zero-order chi connectivity index (χ0) is 12.2. The third-order valence-electron chi connectivity index (χ3n) is 3.32. The molecule has 19 heavy (non-hydrogen) atoms. The van der Waals surface area contributed by atoms with E-state index < -0.39 is 0 Å². The minimum atomic E-state index is 0. The van der Waals surface area contributed by atoms with Crippen molar-refractivity contribution in [3.8, 4) is 11.5 Å². The molecule has 2 nitrogen and oxygen atoms in total. The van der Waals surface area contributed by atoms with Gasteiger partial charge in [-0.1, -0.05) is 30.3 Å². The summed E-state index contributed by atoms with van der Waals surface area (Å²) >= 11 is 0. The van der Waals surface area contributed by atoms with Crippen LogP contribution in [0, 0.1) is 0 Å². The molecule has 2 aromatic rings. The summed E-state index contributed by atoms with van der Waals surface area (Å²) in [4.78, 5) is 0. The van der Waals surface area contributed by atoms with Gasteiger partial charge in [0.05, 0.1) is 0 Å². The van der Waals surface area contributed by atoms with Crippen LogP contribution in [0.2, 0.25) is 0 Å². The first kappa shape index (κ1) is 13.9. The van der Waals surface area contributed by atoms with Gasteiger partial charge >= 0.3 is 0 Å². The minimum Gasteiger partial charge on any atom is -0.457 e. The first-order chi connectivity index (χ1) is 8.92. The van der Waals surface area contributed by atoms with Gasteiger partial charge in [-0.15, -0.1) is 12.4 Å². The summed E-state index contributed by atoms with van der Waals surface area (Å²) < 4.78 is 5.78. The topological polar surface area (TPSA) is 21.3 Å². The number of benzene rings is 2. The standard InChI is InChI=1S/C16H17NO.ClH/c1-2-5-14(6-3-1)18-15-10-8-13(9-11-15)16-7-4-12-17-16;/h1-3,5-6,8-11,16-17H,4,7,12H2;1H/t16-;/m1./s1. The van der Waals surface area contributed by atoms with Gasteiger partial charge in [-0.3, -0.25) is 0 Å². The molecule has 3 heteroatoms. The molecule has 0 radical (unpaired) electrons. The van der Waals surface area contributed by atoms with Gasteiger partial charge in [0.15, 0.2) is 0 Å². The van der Waals surface area contributed by atoms with Gasteiger partial charge in [-0.05, 0) is 49.2 Å². The highest BCUT2D eigenvalue weighted by Crippen LogP contribution is 2.26. The Labute approximate surface area is 120 Å². The van der Waals surface area contributed by atoms with Gasteiger partial charge in [0.2, 0.25) is 0 Å². The number of hydrogen-bond acceptors (Lipinski definition) is 2. The Hall–Kier alpha value is -1.51. The largest absolute Gasteiger partial charge is 0.457 e. The van der Waals surface area contributed by atoms with Crippen molar-refractivity contribution in [1.29, 1.82) is 0 Å². The van der Waals surface area contributed by atoms with Crippen molar-refractivity contribution in [3.63, 3.8) is 0 Å². The number of ether oxygens (including phenoxy) is 1. The molecule has 1 aliphatic rings. The van der Waals surface area contributed by atoms with Crippen molar-refractivity contribution in [2.45, 2.75) is 18.9 Å². The number of para-hydroxylation sites is 1. The van der Waals surface area contributed by atoms with Crippen molar-refractivity contribution in [1.82, 2.24) is 5.32 Å². The summed E-state index contributed by atoms with van der Waals surface area (Å²) in [6, 6.07) is 18.8. The number of rotatable bonds is 3. The average Bonchev–Trinajstić information content (AvgIpc) is 2.95. The zero-order valence-electron chi connectivity index (χ0n) is 10.7. The Morgan fingerprint density at radius 2 is 1.58 bits per heavy atom. The molecule has 0 aromatic heterocycles.